The van der Waals surface area contributed by atoms with Gasteiger partial charge in [-0.1, -0.05) is 0 Å². The number of H-pyrrole nitrogens is 1. The van der Waals surface area contributed by atoms with Crippen LogP contribution in [0.3, 0.4) is 0 Å². The van der Waals surface area contributed by atoms with Crippen LogP contribution in [-0.4, -0.2) is 46.5 Å². The Balaban J connectivity index is 1.90. The molecule has 3 rings (SSSR count). The SMILES string of the molecule is C[C@H]1CNCCN1C(=O)c1ccc2nc[nH]c2c1. The zero-order valence-electron chi connectivity index (χ0n) is 10.3. The summed E-state index contributed by atoms with van der Waals surface area (Å²) in [6.07, 6.45) is 1.65. The Morgan fingerprint density at radius 2 is 2.39 bits per heavy atom. The van der Waals surface area contributed by atoms with Gasteiger partial charge in [0.2, 0.25) is 0 Å². The van der Waals surface area contributed by atoms with Crippen molar-refractivity contribution in [2.24, 2.45) is 0 Å². The van der Waals surface area contributed by atoms with Crippen LogP contribution in [-0.2, 0) is 0 Å². The van der Waals surface area contributed by atoms with Gasteiger partial charge in [0.15, 0.2) is 0 Å². The molecule has 1 amide bonds. The topological polar surface area (TPSA) is 61.0 Å². The van der Waals surface area contributed by atoms with E-state index >= 15 is 0 Å². The lowest BCUT2D eigenvalue weighted by molar-refractivity contribution is 0.0656. The molecule has 2 heterocycles. The molecule has 1 aliphatic heterocycles. The quantitative estimate of drug-likeness (QED) is 0.786. The van der Waals surface area contributed by atoms with E-state index in [2.05, 4.69) is 22.2 Å². The van der Waals surface area contributed by atoms with Gasteiger partial charge in [-0.2, -0.15) is 0 Å². The number of hydrogen-bond acceptors (Lipinski definition) is 3. The van der Waals surface area contributed by atoms with Crippen LogP contribution in [0.15, 0.2) is 24.5 Å². The zero-order valence-corrected chi connectivity index (χ0v) is 10.3. The van der Waals surface area contributed by atoms with Gasteiger partial charge in [-0.25, -0.2) is 4.98 Å². The van der Waals surface area contributed by atoms with Crippen LogP contribution in [0.2, 0.25) is 0 Å². The van der Waals surface area contributed by atoms with Gasteiger partial charge in [0.25, 0.3) is 5.91 Å². The number of piperazine rings is 1. The molecule has 2 N–H and O–H groups in total. The van der Waals surface area contributed by atoms with E-state index in [0.29, 0.717) is 0 Å². The minimum Gasteiger partial charge on any atom is -0.345 e. The number of hydrogen-bond donors (Lipinski definition) is 2. The zero-order chi connectivity index (χ0) is 12.5. The predicted molar refractivity (Wildman–Crippen MR) is 69.5 cm³/mol. The van der Waals surface area contributed by atoms with Crippen molar-refractivity contribution >= 4 is 16.9 Å². The number of carbonyl (C=O) groups excluding carboxylic acids is 1. The molecule has 18 heavy (non-hydrogen) atoms. The van der Waals surface area contributed by atoms with Gasteiger partial charge in [-0.3, -0.25) is 4.79 Å². The molecular weight excluding hydrogens is 228 g/mol. The second-order valence-electron chi connectivity index (χ2n) is 4.69. The number of nitrogens with zero attached hydrogens (tertiary/aromatic N) is 2. The van der Waals surface area contributed by atoms with E-state index in [1.807, 2.05) is 23.1 Å². The number of amides is 1. The van der Waals surface area contributed by atoms with E-state index in [0.717, 1.165) is 36.2 Å². The fourth-order valence-corrected chi connectivity index (χ4v) is 2.38. The summed E-state index contributed by atoms with van der Waals surface area (Å²) in [6, 6.07) is 5.84. The largest absolute Gasteiger partial charge is 0.345 e. The third-order valence-corrected chi connectivity index (χ3v) is 3.43. The lowest BCUT2D eigenvalue weighted by atomic mass is 10.1. The Kier molecular flexibility index (Phi) is 2.76. The molecule has 0 aliphatic carbocycles. The van der Waals surface area contributed by atoms with E-state index in [9.17, 15) is 4.79 Å². The van der Waals surface area contributed by atoms with Crippen molar-refractivity contribution in [1.82, 2.24) is 20.2 Å². The van der Waals surface area contributed by atoms with Crippen molar-refractivity contribution in [3.05, 3.63) is 30.1 Å². The van der Waals surface area contributed by atoms with Crippen molar-refractivity contribution in [1.29, 1.82) is 0 Å². The van der Waals surface area contributed by atoms with Crippen LogP contribution in [0.25, 0.3) is 11.0 Å². The Morgan fingerprint density at radius 3 is 3.22 bits per heavy atom. The third-order valence-electron chi connectivity index (χ3n) is 3.43. The minimum absolute atomic E-state index is 0.0977. The van der Waals surface area contributed by atoms with E-state index in [1.165, 1.54) is 0 Å². The number of nitrogens with one attached hydrogen (secondary N) is 2. The molecule has 94 valence electrons. The van der Waals surface area contributed by atoms with E-state index in [-0.39, 0.29) is 11.9 Å². The smallest absolute Gasteiger partial charge is 0.254 e. The number of benzene rings is 1. The molecule has 0 unspecified atom stereocenters. The van der Waals surface area contributed by atoms with Crippen molar-refractivity contribution in [2.75, 3.05) is 19.6 Å². The second kappa shape index (κ2) is 4.42. The van der Waals surface area contributed by atoms with Crippen LogP contribution >= 0.6 is 0 Å². The first-order valence-corrected chi connectivity index (χ1v) is 6.20. The highest BCUT2D eigenvalue weighted by Gasteiger charge is 2.24. The third kappa shape index (κ3) is 1.86. The molecule has 1 aromatic heterocycles. The molecular formula is C13H16N4O. The maximum atomic E-state index is 12.4. The summed E-state index contributed by atoms with van der Waals surface area (Å²) in [5.41, 5.74) is 2.52. The average Bonchev–Trinajstić information content (AvgIpc) is 2.85. The van der Waals surface area contributed by atoms with Crippen molar-refractivity contribution in [3.8, 4) is 0 Å². The molecule has 5 heteroatoms. The lowest BCUT2D eigenvalue weighted by Gasteiger charge is -2.34. The molecule has 0 saturated carbocycles. The van der Waals surface area contributed by atoms with Crippen molar-refractivity contribution < 1.29 is 4.79 Å². The number of carbonyl (C=O) groups is 1. The number of rotatable bonds is 1. The summed E-state index contributed by atoms with van der Waals surface area (Å²) in [5.74, 6) is 0.0977. The molecule has 1 aliphatic rings. The highest BCUT2D eigenvalue weighted by molar-refractivity contribution is 5.97. The van der Waals surface area contributed by atoms with Crippen LogP contribution in [0, 0.1) is 0 Å². The van der Waals surface area contributed by atoms with Crippen molar-refractivity contribution in [3.63, 3.8) is 0 Å². The monoisotopic (exact) mass is 244 g/mol. The molecule has 1 atom stereocenters. The van der Waals surface area contributed by atoms with E-state index < -0.39 is 0 Å². The van der Waals surface area contributed by atoms with Gasteiger partial charge in [0, 0.05) is 31.2 Å². The normalized spacial score (nSPS) is 20.3. The fourth-order valence-electron chi connectivity index (χ4n) is 2.38. The van der Waals surface area contributed by atoms with Crippen LogP contribution in [0.5, 0.6) is 0 Å². The van der Waals surface area contributed by atoms with Gasteiger partial charge in [0.05, 0.1) is 17.4 Å². The number of aromatic amines is 1. The molecule has 0 radical (unpaired) electrons. The standard InChI is InChI=1S/C13H16N4O/c1-9-7-14-4-5-17(9)13(18)10-2-3-11-12(6-10)16-8-15-11/h2-3,6,8-9,14H,4-5,7H2,1H3,(H,15,16)/t9-/m0/s1. The molecule has 0 bridgehead atoms. The highest BCUT2D eigenvalue weighted by Crippen LogP contribution is 2.15. The first-order valence-electron chi connectivity index (χ1n) is 6.20. The Hall–Kier alpha value is -1.88. The summed E-state index contributed by atoms with van der Waals surface area (Å²) in [5, 5.41) is 3.29. The maximum Gasteiger partial charge on any atom is 0.254 e. The van der Waals surface area contributed by atoms with E-state index in [4.69, 9.17) is 0 Å². The van der Waals surface area contributed by atoms with Gasteiger partial charge in [0.1, 0.15) is 0 Å². The summed E-state index contributed by atoms with van der Waals surface area (Å²) in [7, 11) is 0. The number of aromatic nitrogens is 2. The predicted octanol–water partition coefficient (Wildman–Crippen LogP) is 0.997. The molecule has 1 aromatic carbocycles. The van der Waals surface area contributed by atoms with Crippen molar-refractivity contribution in [2.45, 2.75) is 13.0 Å². The molecule has 5 nitrogen and oxygen atoms in total. The summed E-state index contributed by atoms with van der Waals surface area (Å²) in [4.78, 5) is 21.6. The molecule has 0 spiro atoms. The second-order valence-corrected chi connectivity index (χ2v) is 4.69. The summed E-state index contributed by atoms with van der Waals surface area (Å²) < 4.78 is 0. The fraction of sp³-hybridized carbons (Fsp3) is 0.385. The summed E-state index contributed by atoms with van der Waals surface area (Å²) in [6.45, 7) is 4.56. The highest BCUT2D eigenvalue weighted by atomic mass is 16.2. The van der Waals surface area contributed by atoms with Gasteiger partial charge >= 0.3 is 0 Å². The van der Waals surface area contributed by atoms with E-state index in [1.54, 1.807) is 6.33 Å². The van der Waals surface area contributed by atoms with Crippen LogP contribution in [0.1, 0.15) is 17.3 Å². The Labute approximate surface area is 105 Å². The van der Waals surface area contributed by atoms with Crippen LogP contribution < -0.4 is 5.32 Å². The Bertz CT molecular complexity index is 577. The minimum atomic E-state index is 0.0977. The first-order chi connectivity index (χ1) is 8.75. The Morgan fingerprint density at radius 1 is 1.50 bits per heavy atom. The molecule has 1 saturated heterocycles. The number of imidazole rings is 1. The average molecular weight is 244 g/mol. The number of fused-ring (bicyclic) bond motifs is 1. The lowest BCUT2D eigenvalue weighted by Crippen LogP contribution is -2.52. The first kappa shape index (κ1) is 11.2. The summed E-state index contributed by atoms with van der Waals surface area (Å²) >= 11 is 0. The molecule has 2 aromatic rings. The molecule has 1 fully saturated rings. The van der Waals surface area contributed by atoms with Crippen LogP contribution in [0.4, 0.5) is 0 Å². The van der Waals surface area contributed by atoms with Gasteiger partial charge in [-0.05, 0) is 25.1 Å². The van der Waals surface area contributed by atoms with Gasteiger partial charge in [-0.15, -0.1) is 0 Å². The van der Waals surface area contributed by atoms with Gasteiger partial charge < -0.3 is 15.2 Å². The maximum absolute atomic E-state index is 12.4.